The standard InChI is InChI=1S/C10H8F3NO4/c11-10(12,13)9(16,17)8(14-18)7(15)6-4-2-1-3-5-6/h1-5,16-18H/b14-8+. The number of rotatable bonds is 3. The third-order valence-corrected chi connectivity index (χ3v) is 2.08. The van der Waals surface area contributed by atoms with Crippen molar-refractivity contribution in [1.29, 1.82) is 0 Å². The second-order valence-corrected chi connectivity index (χ2v) is 3.31. The first kappa shape index (κ1) is 14.1. The molecule has 0 fully saturated rings. The highest BCUT2D eigenvalue weighted by molar-refractivity contribution is 6.48. The van der Waals surface area contributed by atoms with Crippen molar-refractivity contribution in [2.75, 3.05) is 0 Å². The van der Waals surface area contributed by atoms with Crippen molar-refractivity contribution in [3.8, 4) is 0 Å². The lowest BCUT2D eigenvalue weighted by molar-refractivity contribution is -0.311. The van der Waals surface area contributed by atoms with Gasteiger partial charge in [-0.3, -0.25) is 4.79 Å². The van der Waals surface area contributed by atoms with Crippen LogP contribution in [0.15, 0.2) is 35.5 Å². The molecule has 0 aliphatic rings. The highest BCUT2D eigenvalue weighted by Crippen LogP contribution is 2.30. The van der Waals surface area contributed by atoms with Crippen molar-refractivity contribution in [2.24, 2.45) is 5.16 Å². The number of ketones is 1. The van der Waals surface area contributed by atoms with Gasteiger partial charge in [-0.25, -0.2) is 0 Å². The number of hydrogen-bond acceptors (Lipinski definition) is 5. The number of Topliss-reactive ketones (excluding diaryl/α,β-unsaturated/α-hetero) is 1. The Balaban J connectivity index is 3.18. The molecule has 0 unspecified atom stereocenters. The van der Waals surface area contributed by atoms with Gasteiger partial charge in [0.05, 0.1) is 0 Å². The van der Waals surface area contributed by atoms with E-state index in [0.29, 0.717) is 0 Å². The fourth-order valence-electron chi connectivity index (χ4n) is 1.13. The summed E-state index contributed by atoms with van der Waals surface area (Å²) < 4.78 is 36.9. The molecule has 5 nitrogen and oxygen atoms in total. The molecule has 0 radical (unpaired) electrons. The third-order valence-electron chi connectivity index (χ3n) is 2.08. The number of aliphatic hydroxyl groups is 2. The van der Waals surface area contributed by atoms with Crippen molar-refractivity contribution in [1.82, 2.24) is 0 Å². The monoisotopic (exact) mass is 263 g/mol. The molecule has 0 aromatic heterocycles. The highest BCUT2D eigenvalue weighted by Gasteiger charge is 2.59. The number of oxime groups is 1. The maximum atomic E-state index is 12.3. The SMILES string of the molecule is O=C(/C(=N\O)C(O)(O)C(F)(F)F)c1ccccc1. The summed E-state index contributed by atoms with van der Waals surface area (Å²) in [5.41, 5.74) is -2.09. The number of alkyl halides is 3. The van der Waals surface area contributed by atoms with Crippen LogP contribution in [-0.4, -0.2) is 38.9 Å². The lowest BCUT2D eigenvalue weighted by atomic mass is 10.0. The quantitative estimate of drug-likeness (QED) is 0.249. The third kappa shape index (κ3) is 2.49. The minimum absolute atomic E-state index is 0.276. The minimum Gasteiger partial charge on any atom is -0.410 e. The molecular weight excluding hydrogens is 255 g/mol. The Labute approximate surface area is 98.8 Å². The number of hydrogen-bond donors (Lipinski definition) is 3. The van der Waals surface area contributed by atoms with E-state index in [-0.39, 0.29) is 5.56 Å². The van der Waals surface area contributed by atoms with E-state index in [1.165, 1.54) is 18.2 Å². The fraction of sp³-hybridized carbons (Fsp3) is 0.200. The van der Waals surface area contributed by atoms with Crippen molar-refractivity contribution < 1.29 is 33.4 Å². The van der Waals surface area contributed by atoms with Gasteiger partial charge in [0.25, 0.3) is 0 Å². The van der Waals surface area contributed by atoms with E-state index in [1.807, 2.05) is 5.16 Å². The van der Waals surface area contributed by atoms with Crippen LogP contribution in [0, 0.1) is 0 Å². The van der Waals surface area contributed by atoms with E-state index < -0.39 is 23.5 Å². The van der Waals surface area contributed by atoms with Crippen LogP contribution in [0.25, 0.3) is 0 Å². The molecular formula is C10H8F3NO4. The zero-order valence-electron chi connectivity index (χ0n) is 8.72. The Morgan fingerprint density at radius 2 is 1.61 bits per heavy atom. The van der Waals surface area contributed by atoms with Gasteiger partial charge in [-0.05, 0) is 0 Å². The van der Waals surface area contributed by atoms with Crippen LogP contribution in [0.3, 0.4) is 0 Å². The van der Waals surface area contributed by atoms with Crippen LogP contribution >= 0.6 is 0 Å². The van der Waals surface area contributed by atoms with Crippen LogP contribution in [0.5, 0.6) is 0 Å². The van der Waals surface area contributed by atoms with Gasteiger partial charge in [0.1, 0.15) is 0 Å². The Morgan fingerprint density at radius 3 is 2.00 bits per heavy atom. The number of carbonyl (C=O) groups is 1. The number of benzene rings is 1. The van der Waals surface area contributed by atoms with Gasteiger partial charge in [-0.1, -0.05) is 35.5 Å². The molecule has 1 aromatic rings. The summed E-state index contributed by atoms with van der Waals surface area (Å²) in [6, 6.07) is 6.49. The van der Waals surface area contributed by atoms with Crippen molar-refractivity contribution in [2.45, 2.75) is 12.0 Å². The summed E-state index contributed by atoms with van der Waals surface area (Å²) in [7, 11) is 0. The van der Waals surface area contributed by atoms with Crippen LogP contribution in [0.2, 0.25) is 0 Å². The topological polar surface area (TPSA) is 90.1 Å². The van der Waals surface area contributed by atoms with E-state index in [0.717, 1.165) is 12.1 Å². The molecule has 0 aliphatic carbocycles. The average molecular weight is 263 g/mol. The predicted octanol–water partition coefficient (Wildman–Crippen LogP) is 0.943. The second kappa shape index (κ2) is 4.75. The van der Waals surface area contributed by atoms with Crippen LogP contribution in [0.1, 0.15) is 10.4 Å². The van der Waals surface area contributed by atoms with Crippen molar-refractivity contribution in [3.05, 3.63) is 35.9 Å². The highest BCUT2D eigenvalue weighted by atomic mass is 19.4. The maximum Gasteiger partial charge on any atom is 0.449 e. The zero-order valence-corrected chi connectivity index (χ0v) is 8.72. The van der Waals surface area contributed by atoms with Crippen LogP contribution in [0.4, 0.5) is 13.2 Å². The van der Waals surface area contributed by atoms with Gasteiger partial charge in [-0.15, -0.1) is 0 Å². The summed E-state index contributed by atoms with van der Waals surface area (Å²) >= 11 is 0. The molecule has 0 aliphatic heterocycles. The summed E-state index contributed by atoms with van der Waals surface area (Å²) in [4.78, 5) is 11.6. The first-order valence-corrected chi connectivity index (χ1v) is 4.55. The summed E-state index contributed by atoms with van der Waals surface area (Å²) in [6.45, 7) is 0. The lowest BCUT2D eigenvalue weighted by Gasteiger charge is -2.24. The number of carbonyl (C=O) groups excluding carboxylic acids is 1. The molecule has 1 rings (SSSR count). The first-order chi connectivity index (χ1) is 8.21. The molecule has 0 spiro atoms. The molecule has 0 heterocycles. The van der Waals surface area contributed by atoms with E-state index in [1.54, 1.807) is 0 Å². The molecule has 0 bridgehead atoms. The van der Waals surface area contributed by atoms with E-state index in [4.69, 9.17) is 15.4 Å². The summed E-state index contributed by atoms with van der Waals surface area (Å²) in [5.74, 6) is -5.96. The minimum atomic E-state index is -5.57. The normalized spacial score (nSPS) is 13.5. The number of halogens is 3. The molecule has 0 saturated heterocycles. The van der Waals surface area contributed by atoms with E-state index in [9.17, 15) is 18.0 Å². The van der Waals surface area contributed by atoms with Crippen molar-refractivity contribution in [3.63, 3.8) is 0 Å². The Morgan fingerprint density at radius 1 is 1.11 bits per heavy atom. The molecule has 0 saturated carbocycles. The largest absolute Gasteiger partial charge is 0.449 e. The summed E-state index contributed by atoms with van der Waals surface area (Å²) in [5, 5.41) is 28.2. The molecule has 98 valence electrons. The van der Waals surface area contributed by atoms with Crippen molar-refractivity contribution >= 4 is 11.5 Å². The van der Waals surface area contributed by atoms with Crippen LogP contribution < -0.4 is 0 Å². The van der Waals surface area contributed by atoms with E-state index >= 15 is 0 Å². The van der Waals surface area contributed by atoms with Gasteiger partial charge in [0, 0.05) is 5.56 Å². The molecule has 18 heavy (non-hydrogen) atoms. The van der Waals surface area contributed by atoms with Gasteiger partial charge < -0.3 is 15.4 Å². The first-order valence-electron chi connectivity index (χ1n) is 4.55. The van der Waals surface area contributed by atoms with Gasteiger partial charge in [0.2, 0.25) is 5.78 Å². The number of nitrogens with zero attached hydrogens (tertiary/aromatic N) is 1. The van der Waals surface area contributed by atoms with Gasteiger partial charge in [0.15, 0.2) is 5.71 Å². The Kier molecular flexibility index (Phi) is 3.73. The average Bonchev–Trinajstić information content (AvgIpc) is 2.29. The molecule has 8 heteroatoms. The molecule has 0 amide bonds. The fourth-order valence-corrected chi connectivity index (χ4v) is 1.13. The molecule has 1 aromatic carbocycles. The Bertz CT molecular complexity index is 468. The lowest BCUT2D eigenvalue weighted by Crippen LogP contribution is -2.54. The van der Waals surface area contributed by atoms with Crippen LogP contribution in [-0.2, 0) is 0 Å². The van der Waals surface area contributed by atoms with Gasteiger partial charge >= 0.3 is 12.0 Å². The Hall–Kier alpha value is -1.93. The maximum absolute atomic E-state index is 12.3. The molecule has 0 atom stereocenters. The molecule has 3 N–H and O–H groups in total. The second-order valence-electron chi connectivity index (χ2n) is 3.31. The van der Waals surface area contributed by atoms with Gasteiger partial charge in [-0.2, -0.15) is 13.2 Å². The predicted molar refractivity (Wildman–Crippen MR) is 53.2 cm³/mol. The van der Waals surface area contributed by atoms with E-state index in [2.05, 4.69) is 0 Å². The smallest absolute Gasteiger partial charge is 0.410 e. The summed E-state index contributed by atoms with van der Waals surface area (Å²) in [6.07, 6.45) is -5.57. The zero-order chi connectivity index (χ0) is 14.0.